The Hall–Kier alpha value is -3.04. The Morgan fingerprint density at radius 3 is 1.60 bits per heavy atom. The Bertz CT molecular complexity index is 915. The lowest BCUT2D eigenvalue weighted by Crippen LogP contribution is -2.14. The minimum Gasteiger partial charge on any atom is -0.462 e. The summed E-state index contributed by atoms with van der Waals surface area (Å²) in [7, 11) is 0. The van der Waals surface area contributed by atoms with Gasteiger partial charge in [-0.25, -0.2) is 9.59 Å². The van der Waals surface area contributed by atoms with Crippen LogP contribution in [-0.4, -0.2) is 25.2 Å². The summed E-state index contributed by atoms with van der Waals surface area (Å²) in [5, 5.41) is 0. The summed E-state index contributed by atoms with van der Waals surface area (Å²) < 4.78 is 88.3. The van der Waals surface area contributed by atoms with Crippen LogP contribution >= 0.6 is 0 Å². The lowest BCUT2D eigenvalue weighted by molar-refractivity contribution is -0.143. The molecule has 0 unspecified atom stereocenters. The van der Waals surface area contributed by atoms with Crippen molar-refractivity contribution in [2.45, 2.75) is 26.2 Å². The van der Waals surface area contributed by atoms with Crippen molar-refractivity contribution in [3.8, 4) is 11.1 Å². The number of carbonyl (C=O) groups is 2. The van der Waals surface area contributed by atoms with Crippen molar-refractivity contribution in [3.05, 3.63) is 58.7 Å². The zero-order valence-corrected chi connectivity index (χ0v) is 15.8. The van der Waals surface area contributed by atoms with Crippen molar-refractivity contribution in [2.24, 2.45) is 0 Å². The minimum absolute atomic E-state index is 0.00272. The lowest BCUT2D eigenvalue weighted by Gasteiger charge is -2.15. The molecule has 0 atom stereocenters. The smallest absolute Gasteiger partial charge is 0.416 e. The topological polar surface area (TPSA) is 52.6 Å². The highest BCUT2D eigenvalue weighted by molar-refractivity contribution is 6.04. The fraction of sp³-hybridized carbons (Fsp3) is 0.300. The van der Waals surface area contributed by atoms with E-state index in [-0.39, 0.29) is 36.0 Å². The molecule has 30 heavy (non-hydrogen) atoms. The molecule has 0 heterocycles. The van der Waals surface area contributed by atoms with Gasteiger partial charge in [0, 0.05) is 0 Å². The second-order valence-corrected chi connectivity index (χ2v) is 6.00. The van der Waals surface area contributed by atoms with Gasteiger partial charge in [0.25, 0.3) is 0 Å². The van der Waals surface area contributed by atoms with E-state index in [2.05, 4.69) is 0 Å². The van der Waals surface area contributed by atoms with E-state index in [0.29, 0.717) is 12.1 Å². The molecular weight excluding hydrogens is 418 g/mol. The Morgan fingerprint density at radius 2 is 1.17 bits per heavy atom. The molecule has 2 rings (SSSR count). The number of carbonyl (C=O) groups excluding carboxylic acids is 2. The Morgan fingerprint density at radius 1 is 0.700 bits per heavy atom. The maximum Gasteiger partial charge on any atom is 0.416 e. The molecule has 10 heteroatoms. The molecule has 162 valence electrons. The largest absolute Gasteiger partial charge is 0.462 e. The Balaban J connectivity index is 2.70. The molecule has 0 saturated heterocycles. The molecule has 0 N–H and O–H groups in total. The van der Waals surface area contributed by atoms with E-state index in [1.165, 1.54) is 13.8 Å². The summed E-state index contributed by atoms with van der Waals surface area (Å²) in [6.07, 6.45) is -10.0. The van der Waals surface area contributed by atoms with Crippen LogP contribution in [0, 0.1) is 0 Å². The van der Waals surface area contributed by atoms with E-state index in [1.54, 1.807) is 0 Å². The van der Waals surface area contributed by atoms with Crippen molar-refractivity contribution >= 4 is 11.9 Å². The van der Waals surface area contributed by atoms with Gasteiger partial charge in [-0.2, -0.15) is 26.3 Å². The molecule has 0 radical (unpaired) electrons. The first-order chi connectivity index (χ1) is 13.9. The lowest BCUT2D eigenvalue weighted by atomic mass is 9.95. The van der Waals surface area contributed by atoms with E-state index in [1.807, 2.05) is 0 Å². The molecule has 0 saturated carbocycles. The van der Waals surface area contributed by atoms with Crippen molar-refractivity contribution in [1.82, 2.24) is 0 Å². The molecule has 0 spiro atoms. The van der Waals surface area contributed by atoms with Gasteiger partial charge < -0.3 is 9.47 Å². The molecule has 0 aliphatic heterocycles. The van der Waals surface area contributed by atoms with Gasteiger partial charge in [-0.3, -0.25) is 0 Å². The summed E-state index contributed by atoms with van der Waals surface area (Å²) in [5.41, 5.74) is -4.12. The number of hydrogen-bond acceptors (Lipinski definition) is 4. The number of halogens is 6. The number of benzene rings is 2. The summed E-state index contributed by atoms with van der Waals surface area (Å²) >= 11 is 0. The predicted molar refractivity (Wildman–Crippen MR) is 93.8 cm³/mol. The second-order valence-electron chi connectivity index (χ2n) is 6.00. The van der Waals surface area contributed by atoms with Crippen LogP contribution in [0.2, 0.25) is 0 Å². The molecule has 0 fully saturated rings. The fourth-order valence-corrected chi connectivity index (χ4v) is 2.61. The van der Waals surface area contributed by atoms with Gasteiger partial charge >= 0.3 is 24.3 Å². The maximum absolute atomic E-state index is 13.1. The summed E-state index contributed by atoms with van der Waals surface area (Å²) in [4.78, 5) is 24.3. The number of rotatable bonds is 5. The normalized spacial score (nSPS) is 11.9. The highest BCUT2D eigenvalue weighted by Gasteiger charge is 2.37. The van der Waals surface area contributed by atoms with E-state index < -0.39 is 41.0 Å². The number of esters is 2. The third kappa shape index (κ3) is 5.31. The van der Waals surface area contributed by atoms with E-state index in [0.717, 1.165) is 18.2 Å². The monoisotopic (exact) mass is 434 g/mol. The quantitative estimate of drug-likeness (QED) is 0.445. The summed E-state index contributed by atoms with van der Waals surface area (Å²) in [6, 6.07) is 4.29. The highest BCUT2D eigenvalue weighted by atomic mass is 19.4. The van der Waals surface area contributed by atoms with Crippen molar-refractivity contribution in [2.75, 3.05) is 13.2 Å². The third-order valence-corrected chi connectivity index (χ3v) is 3.93. The molecule has 2 aromatic rings. The Labute approximate surface area is 167 Å². The van der Waals surface area contributed by atoms with Crippen LogP contribution in [0.4, 0.5) is 26.3 Å². The van der Waals surface area contributed by atoms with Crippen LogP contribution in [0.3, 0.4) is 0 Å². The van der Waals surface area contributed by atoms with Gasteiger partial charge in [-0.05, 0) is 55.3 Å². The van der Waals surface area contributed by atoms with Gasteiger partial charge in [0.2, 0.25) is 0 Å². The number of ether oxygens (including phenoxy) is 2. The van der Waals surface area contributed by atoms with Gasteiger partial charge in [0.15, 0.2) is 0 Å². The van der Waals surface area contributed by atoms with Crippen LogP contribution < -0.4 is 0 Å². The van der Waals surface area contributed by atoms with Gasteiger partial charge in [0.1, 0.15) is 0 Å². The average molecular weight is 434 g/mol. The molecule has 4 nitrogen and oxygen atoms in total. The minimum atomic E-state index is -5.02. The molecule has 0 amide bonds. The first kappa shape index (κ1) is 23.2. The molecule has 0 aliphatic rings. The molecule has 0 bridgehead atoms. The average Bonchev–Trinajstić information content (AvgIpc) is 2.66. The van der Waals surface area contributed by atoms with Crippen LogP contribution in [0.25, 0.3) is 11.1 Å². The van der Waals surface area contributed by atoms with Crippen LogP contribution in [0.15, 0.2) is 36.4 Å². The Kier molecular flexibility index (Phi) is 6.79. The van der Waals surface area contributed by atoms with Gasteiger partial charge in [0.05, 0.1) is 35.5 Å². The summed E-state index contributed by atoms with van der Waals surface area (Å²) in [5.74, 6) is -1.85. The van der Waals surface area contributed by atoms with E-state index in [4.69, 9.17) is 9.47 Å². The summed E-state index contributed by atoms with van der Waals surface area (Å²) in [6.45, 7) is 2.95. The van der Waals surface area contributed by atoms with Gasteiger partial charge in [-0.1, -0.05) is 6.07 Å². The number of alkyl halides is 6. The van der Waals surface area contributed by atoms with Crippen LogP contribution in [0.5, 0.6) is 0 Å². The maximum atomic E-state index is 13.1. The number of hydrogen-bond donors (Lipinski definition) is 0. The second kappa shape index (κ2) is 8.76. The van der Waals surface area contributed by atoms with Crippen molar-refractivity contribution in [3.63, 3.8) is 0 Å². The molecular formula is C20H16F6O4. The zero-order chi connectivity index (χ0) is 22.7. The first-order valence-corrected chi connectivity index (χ1v) is 8.66. The van der Waals surface area contributed by atoms with Crippen LogP contribution in [0.1, 0.15) is 45.7 Å². The molecule has 2 aromatic carbocycles. The van der Waals surface area contributed by atoms with Gasteiger partial charge in [-0.15, -0.1) is 0 Å². The van der Waals surface area contributed by atoms with E-state index >= 15 is 0 Å². The highest BCUT2D eigenvalue weighted by Crippen LogP contribution is 2.39. The zero-order valence-electron chi connectivity index (χ0n) is 15.8. The predicted octanol–water partition coefficient (Wildman–Crippen LogP) is 5.74. The van der Waals surface area contributed by atoms with Crippen molar-refractivity contribution in [1.29, 1.82) is 0 Å². The van der Waals surface area contributed by atoms with Crippen LogP contribution in [-0.2, 0) is 21.8 Å². The fourth-order valence-electron chi connectivity index (χ4n) is 2.61. The standard InChI is InChI=1S/C20H16F6O4/c1-3-29-17(27)15-6-5-11(9-16(15)18(28)30-4-2)12-7-13(19(21,22)23)10-14(8-12)20(24,25)26/h5-10H,3-4H2,1-2H3. The third-order valence-electron chi connectivity index (χ3n) is 3.93. The van der Waals surface area contributed by atoms with Crippen molar-refractivity contribution < 1.29 is 45.4 Å². The molecule has 0 aliphatic carbocycles. The SMILES string of the molecule is CCOC(=O)c1ccc(-c2cc(C(F)(F)F)cc(C(F)(F)F)c2)cc1C(=O)OCC. The van der Waals surface area contributed by atoms with E-state index in [9.17, 15) is 35.9 Å². The molecule has 0 aromatic heterocycles. The first-order valence-electron chi connectivity index (χ1n) is 8.66.